The number of para-hydroxylation sites is 4. The topological polar surface area (TPSA) is 136 Å². The van der Waals surface area contributed by atoms with E-state index in [1.165, 1.54) is 21.5 Å². The first kappa shape index (κ1) is 44.3. The summed E-state index contributed by atoms with van der Waals surface area (Å²) in [5.41, 5.74) is 14.5. The summed E-state index contributed by atoms with van der Waals surface area (Å²) in [7, 11) is 0. The van der Waals surface area contributed by atoms with Crippen LogP contribution in [0.4, 0.5) is 0 Å². The van der Waals surface area contributed by atoms with E-state index in [0.29, 0.717) is 44.8 Å². The van der Waals surface area contributed by atoms with Gasteiger partial charge >= 0.3 is 0 Å². The minimum absolute atomic E-state index is 0.228. The molecule has 0 aliphatic carbocycles. The van der Waals surface area contributed by atoms with Gasteiger partial charge in [-0.15, -0.1) is 0 Å². The Labute approximate surface area is 441 Å². The molecule has 77 heavy (non-hydrogen) atoms. The molecule has 0 aliphatic heterocycles. The van der Waals surface area contributed by atoms with Gasteiger partial charge in [0.2, 0.25) is 0 Å². The lowest BCUT2D eigenvalue weighted by Gasteiger charge is -2.14. The standard InChI is InChI=1S/C68H37N9/c69-38-43-13-1-3-15-51(43)59-37-60(74-68(73-59)52-16-4-2-14-44(52)39-70)67-46(40-71)33-45(34-47(67)41-72)42-25-27-48(28-26-42)75-65-31-29-49(76-61-21-9-5-17-53(61)54-18-6-10-22-62(54)76)35-57(65)58-36-50(30-32-66(58)75)77-63-23-11-7-19-55(63)56-20-8-12-24-64(56)77/h1-37H. The zero-order chi connectivity index (χ0) is 51.7. The summed E-state index contributed by atoms with van der Waals surface area (Å²) in [6, 6.07) is 84.6. The van der Waals surface area contributed by atoms with Crippen molar-refractivity contribution in [3.8, 4) is 86.4 Å². The lowest BCUT2D eigenvalue weighted by Crippen LogP contribution is -2.01. The third-order valence-corrected chi connectivity index (χ3v) is 14.8. The molecular formula is C68H37N9. The smallest absolute Gasteiger partial charge is 0.161 e. The SMILES string of the molecule is N#Cc1ccccc1-c1cc(-c2c(C#N)cc(-c3ccc(-n4c5ccc(-n6c7ccccc7c7ccccc76)cc5c5cc(-n6c7ccccc7c7ccccc76)ccc54)cc3)cc2C#N)nc(-c2ccccc2C#N)n1. The Morgan fingerprint density at radius 3 is 1.14 bits per heavy atom. The van der Waals surface area contributed by atoms with Gasteiger partial charge < -0.3 is 13.7 Å². The molecule has 0 N–H and O–H groups in total. The molecule has 4 heterocycles. The maximum absolute atomic E-state index is 10.9. The van der Waals surface area contributed by atoms with Gasteiger partial charge in [-0.2, -0.15) is 21.0 Å². The zero-order valence-corrected chi connectivity index (χ0v) is 40.9. The Hall–Kier alpha value is -11.4. The third-order valence-electron chi connectivity index (χ3n) is 14.8. The van der Waals surface area contributed by atoms with Gasteiger partial charge in [-0.05, 0) is 120 Å². The van der Waals surface area contributed by atoms with Crippen molar-refractivity contribution in [1.29, 1.82) is 21.0 Å². The Kier molecular flexibility index (Phi) is 10.2. The van der Waals surface area contributed by atoms with Gasteiger partial charge in [-0.3, -0.25) is 0 Å². The number of benzene rings is 10. The highest BCUT2D eigenvalue weighted by Crippen LogP contribution is 2.41. The normalized spacial score (nSPS) is 11.3. The van der Waals surface area contributed by atoms with E-state index in [1.54, 1.807) is 60.7 Å². The number of aromatic nitrogens is 5. The van der Waals surface area contributed by atoms with Crippen molar-refractivity contribution in [3.05, 3.63) is 247 Å². The number of nitrogens with zero attached hydrogens (tertiary/aromatic N) is 9. The maximum Gasteiger partial charge on any atom is 0.161 e. The average Bonchev–Trinajstić information content (AvgIpc) is 4.25. The van der Waals surface area contributed by atoms with Crippen LogP contribution in [0.25, 0.3) is 128 Å². The minimum Gasteiger partial charge on any atom is -0.309 e. The van der Waals surface area contributed by atoms with Crippen LogP contribution in [-0.2, 0) is 0 Å². The summed E-state index contributed by atoms with van der Waals surface area (Å²) in [6.07, 6.45) is 0. The van der Waals surface area contributed by atoms with E-state index in [0.717, 1.165) is 66.5 Å². The van der Waals surface area contributed by atoms with E-state index in [2.05, 4.69) is 184 Å². The van der Waals surface area contributed by atoms with Gasteiger partial charge in [0.15, 0.2) is 5.82 Å². The van der Waals surface area contributed by atoms with E-state index in [4.69, 9.17) is 9.97 Å². The molecule has 14 aromatic rings. The van der Waals surface area contributed by atoms with E-state index in [1.807, 2.05) is 18.2 Å². The van der Waals surface area contributed by atoms with Crippen LogP contribution in [0.2, 0.25) is 0 Å². The van der Waals surface area contributed by atoms with Crippen LogP contribution in [0.3, 0.4) is 0 Å². The monoisotopic (exact) mass is 979 g/mol. The van der Waals surface area contributed by atoms with Crippen molar-refractivity contribution in [3.63, 3.8) is 0 Å². The van der Waals surface area contributed by atoms with Crippen LogP contribution in [0.1, 0.15) is 22.3 Å². The molecule has 0 fully saturated rings. The highest BCUT2D eigenvalue weighted by molar-refractivity contribution is 6.14. The summed E-state index contributed by atoms with van der Waals surface area (Å²) < 4.78 is 7.03. The van der Waals surface area contributed by atoms with Crippen LogP contribution >= 0.6 is 0 Å². The molecule has 14 rings (SSSR count). The van der Waals surface area contributed by atoms with E-state index in [9.17, 15) is 21.0 Å². The maximum atomic E-state index is 10.9. The number of rotatable bonds is 7. The molecule has 0 atom stereocenters. The number of nitriles is 4. The first-order valence-electron chi connectivity index (χ1n) is 25.0. The Morgan fingerprint density at radius 2 is 0.662 bits per heavy atom. The fourth-order valence-corrected chi connectivity index (χ4v) is 11.4. The van der Waals surface area contributed by atoms with Crippen molar-refractivity contribution in [1.82, 2.24) is 23.7 Å². The molecule has 0 saturated carbocycles. The van der Waals surface area contributed by atoms with E-state index in [-0.39, 0.29) is 17.0 Å². The molecule has 10 aromatic carbocycles. The molecule has 9 heteroatoms. The van der Waals surface area contributed by atoms with Crippen molar-refractivity contribution >= 4 is 65.4 Å². The summed E-state index contributed by atoms with van der Waals surface area (Å²) in [5.74, 6) is 0.228. The van der Waals surface area contributed by atoms with Crippen molar-refractivity contribution < 1.29 is 0 Å². The minimum atomic E-state index is 0.228. The molecule has 4 aromatic heterocycles. The van der Waals surface area contributed by atoms with Crippen molar-refractivity contribution in [2.75, 3.05) is 0 Å². The molecule has 354 valence electrons. The largest absolute Gasteiger partial charge is 0.309 e. The first-order valence-corrected chi connectivity index (χ1v) is 25.0. The lowest BCUT2D eigenvalue weighted by molar-refractivity contribution is 1.16. The predicted molar refractivity (Wildman–Crippen MR) is 306 cm³/mol. The predicted octanol–water partition coefficient (Wildman–Crippen LogP) is 15.9. The highest BCUT2D eigenvalue weighted by atomic mass is 15.0. The molecule has 0 saturated heterocycles. The second kappa shape index (κ2) is 17.7. The van der Waals surface area contributed by atoms with Gasteiger partial charge in [-0.1, -0.05) is 115 Å². The zero-order valence-electron chi connectivity index (χ0n) is 40.9. The van der Waals surface area contributed by atoms with Gasteiger partial charge in [0.25, 0.3) is 0 Å². The molecule has 0 radical (unpaired) electrons. The molecule has 0 unspecified atom stereocenters. The Morgan fingerprint density at radius 1 is 0.286 bits per heavy atom. The number of hydrogen-bond donors (Lipinski definition) is 0. The van der Waals surface area contributed by atoms with Crippen LogP contribution < -0.4 is 0 Å². The first-order chi connectivity index (χ1) is 38.0. The molecule has 0 aliphatic rings. The van der Waals surface area contributed by atoms with E-state index < -0.39 is 0 Å². The van der Waals surface area contributed by atoms with Crippen molar-refractivity contribution in [2.24, 2.45) is 0 Å². The fourth-order valence-electron chi connectivity index (χ4n) is 11.4. The summed E-state index contributed by atoms with van der Waals surface area (Å²) >= 11 is 0. The summed E-state index contributed by atoms with van der Waals surface area (Å²) in [6.45, 7) is 0. The average molecular weight is 980 g/mol. The molecule has 0 amide bonds. The molecule has 0 bridgehead atoms. The Balaban J connectivity index is 0.924. The Bertz CT molecular complexity index is 4600. The fraction of sp³-hybridized carbons (Fsp3) is 0. The van der Waals surface area contributed by atoms with Crippen LogP contribution in [-0.4, -0.2) is 23.7 Å². The van der Waals surface area contributed by atoms with Gasteiger partial charge in [0, 0.05) is 66.1 Å². The lowest BCUT2D eigenvalue weighted by atomic mass is 9.92. The molecular weight excluding hydrogens is 943 g/mol. The van der Waals surface area contributed by atoms with Gasteiger partial charge in [0.1, 0.15) is 0 Å². The second-order valence-corrected chi connectivity index (χ2v) is 19.0. The summed E-state index contributed by atoms with van der Waals surface area (Å²) in [5, 5.41) is 48.8. The molecule has 0 spiro atoms. The number of hydrogen-bond acceptors (Lipinski definition) is 6. The van der Waals surface area contributed by atoms with Crippen LogP contribution in [0.15, 0.2) is 224 Å². The van der Waals surface area contributed by atoms with Crippen LogP contribution in [0.5, 0.6) is 0 Å². The third kappa shape index (κ3) is 6.98. The molecule has 9 nitrogen and oxygen atoms in total. The van der Waals surface area contributed by atoms with Gasteiger partial charge in [-0.25, -0.2) is 9.97 Å². The second-order valence-electron chi connectivity index (χ2n) is 19.0. The van der Waals surface area contributed by atoms with E-state index >= 15 is 0 Å². The number of fused-ring (bicyclic) bond motifs is 9. The quantitative estimate of drug-likeness (QED) is 0.156. The van der Waals surface area contributed by atoms with Crippen LogP contribution in [0, 0.1) is 45.3 Å². The van der Waals surface area contributed by atoms with Gasteiger partial charge in [0.05, 0.1) is 91.0 Å². The van der Waals surface area contributed by atoms with Crippen molar-refractivity contribution in [2.45, 2.75) is 0 Å². The summed E-state index contributed by atoms with van der Waals surface area (Å²) in [4.78, 5) is 9.76. The highest BCUT2D eigenvalue weighted by Gasteiger charge is 2.23.